The first-order valence-corrected chi connectivity index (χ1v) is 9.70. The Morgan fingerprint density at radius 1 is 1.07 bits per heavy atom. The van der Waals surface area contributed by atoms with Gasteiger partial charge < -0.3 is 15.1 Å². The number of amides is 1. The van der Waals surface area contributed by atoms with E-state index in [4.69, 9.17) is 35.4 Å². The normalized spacial score (nSPS) is 14.7. The Balaban J connectivity index is 1.61. The molecule has 8 heteroatoms. The van der Waals surface area contributed by atoms with Crippen molar-refractivity contribution in [3.05, 3.63) is 58.1 Å². The monoisotopic (exact) mass is 422 g/mol. The van der Waals surface area contributed by atoms with Gasteiger partial charge in [0.15, 0.2) is 5.11 Å². The molecule has 3 rings (SSSR count). The number of carbonyl (C=O) groups excluding carboxylic acids is 1. The largest absolute Gasteiger partial charge is 0.368 e. The maximum absolute atomic E-state index is 12.2. The molecule has 0 radical (unpaired) electrons. The maximum Gasteiger partial charge on any atom is 0.257 e. The lowest BCUT2D eigenvalue weighted by Gasteiger charge is -2.34. The third-order valence-corrected chi connectivity index (χ3v) is 5.11. The van der Waals surface area contributed by atoms with Crippen molar-refractivity contribution in [1.82, 2.24) is 10.2 Å². The fraction of sp³-hybridized carbons (Fsp3) is 0.263. The van der Waals surface area contributed by atoms with Gasteiger partial charge in [0.05, 0.1) is 10.7 Å². The summed E-state index contributed by atoms with van der Waals surface area (Å²) in [7, 11) is 2.12. The fourth-order valence-electron chi connectivity index (χ4n) is 2.86. The van der Waals surface area contributed by atoms with Gasteiger partial charge in [0, 0.05) is 42.5 Å². The second kappa shape index (κ2) is 8.89. The van der Waals surface area contributed by atoms with E-state index in [-0.39, 0.29) is 11.0 Å². The highest BCUT2D eigenvalue weighted by atomic mass is 35.5. The van der Waals surface area contributed by atoms with Crippen LogP contribution in [0.3, 0.4) is 0 Å². The van der Waals surface area contributed by atoms with E-state index in [0.717, 1.165) is 31.9 Å². The molecule has 1 aliphatic rings. The maximum atomic E-state index is 12.2. The summed E-state index contributed by atoms with van der Waals surface area (Å²) in [6.07, 6.45) is 0. The number of likely N-dealkylation sites (N-methyl/N-ethyl adjacent to an activating group) is 1. The summed E-state index contributed by atoms with van der Waals surface area (Å²) in [5.74, 6) is -0.324. The number of anilines is 2. The van der Waals surface area contributed by atoms with Crippen LogP contribution in [-0.4, -0.2) is 49.1 Å². The van der Waals surface area contributed by atoms with Crippen molar-refractivity contribution in [2.24, 2.45) is 0 Å². The molecule has 0 spiro atoms. The van der Waals surface area contributed by atoms with E-state index in [1.54, 1.807) is 24.3 Å². The number of rotatable bonds is 3. The molecule has 2 aromatic carbocycles. The summed E-state index contributed by atoms with van der Waals surface area (Å²) < 4.78 is 0. The van der Waals surface area contributed by atoms with Crippen LogP contribution in [0.2, 0.25) is 10.0 Å². The minimum absolute atomic E-state index is 0.198. The fourth-order valence-corrected chi connectivity index (χ4v) is 3.56. The lowest BCUT2D eigenvalue weighted by atomic mass is 10.2. The third-order valence-electron chi connectivity index (χ3n) is 4.36. The molecule has 0 aromatic heterocycles. The van der Waals surface area contributed by atoms with E-state index in [1.165, 1.54) is 0 Å². The smallest absolute Gasteiger partial charge is 0.257 e. The zero-order valence-corrected chi connectivity index (χ0v) is 17.2. The quantitative estimate of drug-likeness (QED) is 0.735. The van der Waals surface area contributed by atoms with Crippen molar-refractivity contribution in [3.63, 3.8) is 0 Å². The summed E-state index contributed by atoms with van der Waals surface area (Å²) in [6, 6.07) is 12.4. The van der Waals surface area contributed by atoms with Gasteiger partial charge in [-0.15, -0.1) is 0 Å². The average Bonchev–Trinajstić information content (AvgIpc) is 2.63. The average molecular weight is 423 g/mol. The lowest BCUT2D eigenvalue weighted by Crippen LogP contribution is -2.44. The minimum Gasteiger partial charge on any atom is -0.368 e. The van der Waals surface area contributed by atoms with E-state index in [0.29, 0.717) is 21.3 Å². The van der Waals surface area contributed by atoms with Crippen LogP contribution >= 0.6 is 35.4 Å². The number of halogens is 2. The molecule has 0 bridgehead atoms. The molecule has 1 aliphatic heterocycles. The molecule has 1 saturated heterocycles. The molecule has 1 amide bonds. The molecule has 5 nitrogen and oxygen atoms in total. The molecular formula is C19H20Cl2N4OS. The molecule has 1 fully saturated rings. The van der Waals surface area contributed by atoms with Crippen LogP contribution in [0.15, 0.2) is 42.5 Å². The number of piperazine rings is 1. The van der Waals surface area contributed by atoms with Gasteiger partial charge in [-0.3, -0.25) is 10.1 Å². The van der Waals surface area contributed by atoms with Crippen molar-refractivity contribution < 1.29 is 4.79 Å². The topological polar surface area (TPSA) is 47.6 Å². The molecule has 0 atom stereocenters. The first kappa shape index (κ1) is 19.9. The van der Waals surface area contributed by atoms with Crippen molar-refractivity contribution in [3.8, 4) is 0 Å². The van der Waals surface area contributed by atoms with Crippen LogP contribution in [0.25, 0.3) is 0 Å². The number of carbonyl (C=O) groups is 1. The highest BCUT2D eigenvalue weighted by Gasteiger charge is 2.17. The van der Waals surface area contributed by atoms with Gasteiger partial charge >= 0.3 is 0 Å². The SMILES string of the molecule is CN1CCN(c2ccc(NC(=S)NC(=O)c3cccc(Cl)c3)cc2Cl)CC1. The second-order valence-electron chi connectivity index (χ2n) is 6.38. The lowest BCUT2D eigenvalue weighted by molar-refractivity contribution is 0.0977. The van der Waals surface area contributed by atoms with Crippen LogP contribution in [0.4, 0.5) is 11.4 Å². The summed E-state index contributed by atoms with van der Waals surface area (Å²) in [5.41, 5.74) is 2.16. The first-order valence-electron chi connectivity index (χ1n) is 8.53. The molecule has 2 aromatic rings. The Kier molecular flexibility index (Phi) is 6.55. The van der Waals surface area contributed by atoms with Gasteiger partial charge in [-0.1, -0.05) is 29.3 Å². The van der Waals surface area contributed by atoms with Gasteiger partial charge in [0.25, 0.3) is 5.91 Å². The van der Waals surface area contributed by atoms with Gasteiger partial charge in [-0.2, -0.15) is 0 Å². The van der Waals surface area contributed by atoms with E-state index in [9.17, 15) is 4.79 Å². The molecule has 2 N–H and O–H groups in total. The van der Waals surface area contributed by atoms with Gasteiger partial charge in [0.2, 0.25) is 0 Å². The Labute approximate surface area is 174 Å². The standard InChI is InChI=1S/C19H20Cl2N4OS/c1-24-7-9-25(10-8-24)17-6-5-15(12-16(17)21)22-19(27)23-18(26)13-3-2-4-14(20)11-13/h2-6,11-12H,7-10H2,1H3,(H2,22,23,26,27). The van der Waals surface area contributed by atoms with Crippen LogP contribution in [0, 0.1) is 0 Å². The van der Waals surface area contributed by atoms with Crippen LogP contribution in [-0.2, 0) is 0 Å². The van der Waals surface area contributed by atoms with Crippen molar-refractivity contribution in [2.45, 2.75) is 0 Å². The summed E-state index contributed by atoms with van der Waals surface area (Å²) in [4.78, 5) is 16.8. The van der Waals surface area contributed by atoms with Gasteiger partial charge in [-0.05, 0) is 55.7 Å². The van der Waals surface area contributed by atoms with Crippen molar-refractivity contribution in [1.29, 1.82) is 0 Å². The summed E-state index contributed by atoms with van der Waals surface area (Å²) in [6.45, 7) is 3.90. The predicted molar refractivity (Wildman–Crippen MR) is 116 cm³/mol. The van der Waals surface area contributed by atoms with E-state index >= 15 is 0 Å². The summed E-state index contributed by atoms with van der Waals surface area (Å²) >= 11 is 17.6. The zero-order chi connectivity index (χ0) is 19.4. The first-order chi connectivity index (χ1) is 12.9. The number of thiocarbonyl (C=S) groups is 1. The van der Waals surface area contributed by atoms with Crippen LogP contribution < -0.4 is 15.5 Å². The van der Waals surface area contributed by atoms with E-state index in [1.807, 2.05) is 18.2 Å². The highest BCUT2D eigenvalue weighted by Crippen LogP contribution is 2.29. The number of hydrogen-bond donors (Lipinski definition) is 2. The van der Waals surface area contributed by atoms with Gasteiger partial charge in [-0.25, -0.2) is 0 Å². The highest BCUT2D eigenvalue weighted by molar-refractivity contribution is 7.80. The van der Waals surface area contributed by atoms with Gasteiger partial charge in [0.1, 0.15) is 0 Å². The third kappa shape index (κ3) is 5.32. The van der Waals surface area contributed by atoms with Crippen molar-refractivity contribution in [2.75, 3.05) is 43.4 Å². The molecule has 1 heterocycles. The molecule has 27 heavy (non-hydrogen) atoms. The Morgan fingerprint density at radius 3 is 2.48 bits per heavy atom. The Bertz CT molecular complexity index is 853. The number of nitrogens with one attached hydrogen (secondary N) is 2. The van der Waals surface area contributed by atoms with E-state index < -0.39 is 0 Å². The number of hydrogen-bond acceptors (Lipinski definition) is 4. The number of nitrogens with zero attached hydrogens (tertiary/aromatic N) is 2. The second-order valence-corrected chi connectivity index (χ2v) is 7.63. The number of benzene rings is 2. The molecule has 142 valence electrons. The molecule has 0 saturated carbocycles. The molecule has 0 unspecified atom stereocenters. The Hall–Kier alpha value is -1.86. The zero-order valence-electron chi connectivity index (χ0n) is 14.8. The predicted octanol–water partition coefficient (Wildman–Crippen LogP) is 3.87. The minimum atomic E-state index is -0.324. The summed E-state index contributed by atoms with van der Waals surface area (Å²) in [5, 5.41) is 6.97. The van der Waals surface area contributed by atoms with E-state index in [2.05, 4.69) is 27.5 Å². The van der Waals surface area contributed by atoms with Crippen molar-refractivity contribution >= 4 is 57.8 Å². The van der Waals surface area contributed by atoms with Crippen LogP contribution in [0.5, 0.6) is 0 Å². The molecular weight excluding hydrogens is 403 g/mol. The molecule has 0 aliphatic carbocycles. The van der Waals surface area contributed by atoms with Crippen LogP contribution in [0.1, 0.15) is 10.4 Å². The Morgan fingerprint density at radius 2 is 1.81 bits per heavy atom.